The van der Waals surface area contributed by atoms with Crippen molar-refractivity contribution in [2.24, 2.45) is 0 Å². The highest BCUT2D eigenvalue weighted by molar-refractivity contribution is 5.95. The summed E-state index contributed by atoms with van der Waals surface area (Å²) in [5, 5.41) is 0. The Balaban J connectivity index is 1.72. The van der Waals surface area contributed by atoms with Crippen LogP contribution >= 0.6 is 0 Å². The van der Waals surface area contributed by atoms with E-state index in [9.17, 15) is 9.59 Å². The van der Waals surface area contributed by atoms with Crippen LogP contribution in [0.1, 0.15) is 84.6 Å². The number of carbonyl (C=O) groups is 2. The normalized spacial score (nSPS) is 17.1. The number of hydrogen-bond acceptors (Lipinski definition) is 4. The summed E-state index contributed by atoms with van der Waals surface area (Å²) < 4.78 is 11.0. The second-order valence-electron chi connectivity index (χ2n) is 6.84. The first-order chi connectivity index (χ1) is 12.7. The van der Waals surface area contributed by atoms with Gasteiger partial charge in [0.15, 0.2) is 0 Å². The molecule has 1 aromatic rings. The van der Waals surface area contributed by atoms with E-state index in [1.807, 2.05) is 19.1 Å². The standard InChI is InChI=1S/C22H26O4/c1-2-16-15-17(21(23)25-18-9-5-3-6-10-18)13-14-20(16)22(24)26-19-11-7-4-8-12-19/h9,11,13-15H,2-8,10,12H2,1H3. The van der Waals surface area contributed by atoms with E-state index >= 15 is 0 Å². The third-order valence-corrected chi connectivity index (χ3v) is 4.89. The molecule has 0 atom stereocenters. The Labute approximate surface area is 154 Å². The van der Waals surface area contributed by atoms with Crippen LogP contribution in [0, 0.1) is 0 Å². The largest absolute Gasteiger partial charge is 0.428 e. The van der Waals surface area contributed by atoms with Crippen LogP contribution < -0.4 is 0 Å². The zero-order valence-electron chi connectivity index (χ0n) is 15.4. The first kappa shape index (κ1) is 18.4. The molecule has 3 rings (SSSR count). The third kappa shape index (κ3) is 4.63. The fourth-order valence-corrected chi connectivity index (χ4v) is 3.37. The quantitative estimate of drug-likeness (QED) is 0.657. The van der Waals surface area contributed by atoms with Gasteiger partial charge in [-0.15, -0.1) is 0 Å². The van der Waals surface area contributed by atoms with E-state index in [2.05, 4.69) is 0 Å². The second kappa shape index (κ2) is 8.84. The number of rotatable bonds is 5. The SMILES string of the molecule is CCc1cc(C(=O)OC2=CCCCC2)ccc1C(=O)OC1=CCCCC1. The molecule has 0 amide bonds. The number of aryl methyl sites for hydroxylation is 1. The zero-order valence-corrected chi connectivity index (χ0v) is 15.4. The van der Waals surface area contributed by atoms with Crippen molar-refractivity contribution in [3.05, 3.63) is 58.6 Å². The van der Waals surface area contributed by atoms with Crippen LogP contribution in [0.4, 0.5) is 0 Å². The van der Waals surface area contributed by atoms with Crippen molar-refractivity contribution in [1.29, 1.82) is 0 Å². The molecule has 0 fully saturated rings. The molecule has 0 N–H and O–H groups in total. The molecule has 26 heavy (non-hydrogen) atoms. The number of benzene rings is 1. The van der Waals surface area contributed by atoms with Gasteiger partial charge in [-0.05, 0) is 80.9 Å². The maximum absolute atomic E-state index is 12.5. The van der Waals surface area contributed by atoms with Crippen molar-refractivity contribution in [2.75, 3.05) is 0 Å². The first-order valence-electron chi connectivity index (χ1n) is 9.62. The van der Waals surface area contributed by atoms with Gasteiger partial charge in [0, 0.05) is 12.8 Å². The molecule has 0 aliphatic heterocycles. The zero-order chi connectivity index (χ0) is 18.4. The molecule has 2 aliphatic carbocycles. The topological polar surface area (TPSA) is 52.6 Å². The van der Waals surface area contributed by atoms with Gasteiger partial charge >= 0.3 is 11.9 Å². The summed E-state index contributed by atoms with van der Waals surface area (Å²) >= 11 is 0. The maximum Gasteiger partial charge on any atom is 0.343 e. The van der Waals surface area contributed by atoms with Crippen LogP contribution in [-0.2, 0) is 15.9 Å². The third-order valence-electron chi connectivity index (χ3n) is 4.89. The van der Waals surface area contributed by atoms with Crippen molar-refractivity contribution in [3.63, 3.8) is 0 Å². The van der Waals surface area contributed by atoms with E-state index in [0.29, 0.717) is 17.5 Å². The van der Waals surface area contributed by atoms with Gasteiger partial charge in [0.2, 0.25) is 0 Å². The molecule has 0 saturated carbocycles. The minimum atomic E-state index is -0.359. The van der Waals surface area contributed by atoms with E-state index in [1.165, 1.54) is 0 Å². The van der Waals surface area contributed by atoms with Crippen LogP contribution in [-0.4, -0.2) is 11.9 Å². The van der Waals surface area contributed by atoms with Gasteiger partial charge < -0.3 is 9.47 Å². The van der Waals surface area contributed by atoms with Gasteiger partial charge in [-0.1, -0.05) is 6.92 Å². The number of esters is 2. The molecule has 1 aromatic carbocycles. The van der Waals surface area contributed by atoms with Crippen molar-refractivity contribution in [3.8, 4) is 0 Å². The van der Waals surface area contributed by atoms with E-state index in [-0.39, 0.29) is 11.9 Å². The fraction of sp³-hybridized carbons (Fsp3) is 0.455. The van der Waals surface area contributed by atoms with E-state index in [4.69, 9.17) is 9.47 Å². The predicted octanol–water partition coefficient (Wildman–Crippen LogP) is 5.48. The smallest absolute Gasteiger partial charge is 0.343 e. The Morgan fingerprint density at radius 1 is 0.885 bits per heavy atom. The maximum atomic E-state index is 12.5. The molecule has 0 bridgehead atoms. The highest BCUT2D eigenvalue weighted by Crippen LogP contribution is 2.23. The lowest BCUT2D eigenvalue weighted by molar-refractivity contribution is 0.0592. The van der Waals surface area contributed by atoms with Crippen LogP contribution in [0.25, 0.3) is 0 Å². The van der Waals surface area contributed by atoms with Gasteiger partial charge in [-0.25, -0.2) is 9.59 Å². The molecular weight excluding hydrogens is 328 g/mol. The van der Waals surface area contributed by atoms with Crippen LogP contribution in [0.5, 0.6) is 0 Å². The summed E-state index contributed by atoms with van der Waals surface area (Å²) in [6.07, 6.45) is 12.6. The van der Waals surface area contributed by atoms with E-state index in [0.717, 1.165) is 68.4 Å². The van der Waals surface area contributed by atoms with Crippen LogP contribution in [0.2, 0.25) is 0 Å². The highest BCUT2D eigenvalue weighted by Gasteiger charge is 2.19. The lowest BCUT2D eigenvalue weighted by atomic mass is 10.0. The molecule has 0 spiro atoms. The number of hydrogen-bond donors (Lipinski definition) is 0. The summed E-state index contributed by atoms with van der Waals surface area (Å²) in [6.45, 7) is 1.96. The summed E-state index contributed by atoms with van der Waals surface area (Å²) in [7, 11) is 0. The van der Waals surface area contributed by atoms with Gasteiger partial charge in [-0.2, -0.15) is 0 Å². The predicted molar refractivity (Wildman–Crippen MR) is 99.8 cm³/mol. The molecule has 0 aromatic heterocycles. The van der Waals surface area contributed by atoms with Crippen molar-refractivity contribution in [1.82, 2.24) is 0 Å². The van der Waals surface area contributed by atoms with Gasteiger partial charge in [-0.3, -0.25) is 0 Å². The molecule has 2 aliphatic rings. The van der Waals surface area contributed by atoms with Gasteiger partial charge in [0.25, 0.3) is 0 Å². The van der Waals surface area contributed by atoms with Crippen LogP contribution in [0.3, 0.4) is 0 Å². The Kier molecular flexibility index (Phi) is 6.26. The Hall–Kier alpha value is -2.36. The van der Waals surface area contributed by atoms with E-state index in [1.54, 1.807) is 18.2 Å². The Bertz CT molecular complexity index is 743. The average molecular weight is 354 g/mol. The first-order valence-corrected chi connectivity index (χ1v) is 9.62. The molecule has 138 valence electrons. The number of ether oxygens (including phenoxy) is 2. The van der Waals surface area contributed by atoms with Crippen LogP contribution in [0.15, 0.2) is 41.9 Å². The molecule has 0 saturated heterocycles. The lowest BCUT2D eigenvalue weighted by Crippen LogP contribution is -2.12. The molecule has 0 heterocycles. The molecule has 4 heteroatoms. The summed E-state index contributed by atoms with van der Waals surface area (Å²) in [5.74, 6) is 0.815. The van der Waals surface area contributed by atoms with Crippen molar-refractivity contribution >= 4 is 11.9 Å². The minimum Gasteiger partial charge on any atom is -0.428 e. The lowest BCUT2D eigenvalue weighted by Gasteiger charge is -2.15. The second-order valence-corrected chi connectivity index (χ2v) is 6.84. The average Bonchev–Trinajstić information content (AvgIpc) is 2.69. The minimum absolute atomic E-state index is 0.343. The Morgan fingerprint density at radius 2 is 1.50 bits per heavy atom. The van der Waals surface area contributed by atoms with Gasteiger partial charge in [0.05, 0.1) is 11.1 Å². The number of allylic oxidation sites excluding steroid dienone is 4. The fourth-order valence-electron chi connectivity index (χ4n) is 3.37. The molecule has 0 unspecified atom stereocenters. The summed E-state index contributed by atoms with van der Waals surface area (Å²) in [6, 6.07) is 5.07. The summed E-state index contributed by atoms with van der Waals surface area (Å²) in [5.41, 5.74) is 1.80. The molecule has 0 radical (unpaired) electrons. The van der Waals surface area contributed by atoms with Gasteiger partial charge in [0.1, 0.15) is 11.5 Å². The highest BCUT2D eigenvalue weighted by atomic mass is 16.5. The monoisotopic (exact) mass is 354 g/mol. The van der Waals surface area contributed by atoms with Crippen molar-refractivity contribution in [2.45, 2.75) is 64.7 Å². The summed E-state index contributed by atoms with van der Waals surface area (Å²) in [4.78, 5) is 24.9. The Morgan fingerprint density at radius 3 is 2.04 bits per heavy atom. The van der Waals surface area contributed by atoms with Crippen molar-refractivity contribution < 1.29 is 19.1 Å². The molecular formula is C22H26O4. The number of carbonyl (C=O) groups excluding carboxylic acids is 2. The van der Waals surface area contributed by atoms with E-state index < -0.39 is 0 Å². The molecule has 4 nitrogen and oxygen atoms in total.